The first-order valence-corrected chi connectivity index (χ1v) is 10.1. The van der Waals surface area contributed by atoms with Gasteiger partial charge in [-0.05, 0) is 44.4 Å². The van der Waals surface area contributed by atoms with Crippen LogP contribution >= 0.6 is 0 Å². The molecule has 7 nitrogen and oxygen atoms in total. The predicted octanol–water partition coefficient (Wildman–Crippen LogP) is 2.88. The van der Waals surface area contributed by atoms with Gasteiger partial charge >= 0.3 is 5.97 Å². The number of aliphatic hydroxyl groups is 1. The second-order valence-electron chi connectivity index (χ2n) is 8.09. The van der Waals surface area contributed by atoms with Crippen LogP contribution in [0.4, 0.5) is 5.82 Å². The molecule has 0 bridgehead atoms. The Morgan fingerprint density at radius 3 is 2.41 bits per heavy atom. The van der Waals surface area contributed by atoms with E-state index in [4.69, 9.17) is 14.0 Å². The number of hydrogen-bond acceptors (Lipinski definition) is 7. The molecule has 1 N–H and O–H groups in total. The van der Waals surface area contributed by atoms with Crippen molar-refractivity contribution in [2.24, 2.45) is 5.92 Å². The van der Waals surface area contributed by atoms with Gasteiger partial charge in [-0.25, -0.2) is 0 Å². The highest BCUT2D eigenvalue weighted by molar-refractivity contribution is 5.77. The fourth-order valence-corrected chi connectivity index (χ4v) is 4.09. The van der Waals surface area contributed by atoms with Crippen LogP contribution in [0, 0.1) is 5.92 Å². The molecule has 7 heteroatoms. The maximum atomic E-state index is 12.0. The summed E-state index contributed by atoms with van der Waals surface area (Å²) in [5.41, 5.74) is 0. The van der Waals surface area contributed by atoms with Crippen molar-refractivity contribution in [1.29, 1.82) is 0 Å². The molecule has 1 saturated heterocycles. The summed E-state index contributed by atoms with van der Waals surface area (Å²) in [5.74, 6) is 0.687. The van der Waals surface area contributed by atoms with Gasteiger partial charge in [0.25, 0.3) is 0 Å². The number of ether oxygens (including phenoxy) is 2. The molecule has 3 rings (SSSR count). The summed E-state index contributed by atoms with van der Waals surface area (Å²) in [6, 6.07) is 1.87. The number of esters is 1. The highest BCUT2D eigenvalue weighted by atomic mass is 16.5. The number of piperidine rings is 1. The summed E-state index contributed by atoms with van der Waals surface area (Å²) in [4.78, 5) is 14.2. The Kier molecular flexibility index (Phi) is 6.76. The van der Waals surface area contributed by atoms with Gasteiger partial charge in [-0.3, -0.25) is 4.79 Å². The van der Waals surface area contributed by atoms with Crippen LogP contribution in [0.15, 0.2) is 10.6 Å². The van der Waals surface area contributed by atoms with Crippen molar-refractivity contribution in [3.63, 3.8) is 0 Å². The molecule has 0 radical (unpaired) electrons. The number of carbonyl (C=O) groups is 1. The van der Waals surface area contributed by atoms with Gasteiger partial charge in [-0.2, -0.15) is 0 Å². The molecule has 2 fully saturated rings. The van der Waals surface area contributed by atoms with E-state index in [0.29, 0.717) is 5.76 Å². The third-order valence-electron chi connectivity index (χ3n) is 5.74. The molecule has 1 saturated carbocycles. The number of nitrogens with zero attached hydrogens (tertiary/aromatic N) is 2. The average molecular weight is 380 g/mol. The zero-order chi connectivity index (χ0) is 19.4. The molecule has 1 aromatic rings. The third-order valence-corrected chi connectivity index (χ3v) is 5.74. The summed E-state index contributed by atoms with van der Waals surface area (Å²) >= 11 is 0. The van der Waals surface area contributed by atoms with Gasteiger partial charge in [0.2, 0.25) is 0 Å². The number of rotatable bonds is 6. The molecular formula is C20H32N2O5. The molecule has 2 heterocycles. The van der Waals surface area contributed by atoms with Gasteiger partial charge < -0.3 is 24.0 Å². The minimum absolute atomic E-state index is 0.0754. The molecular weight excluding hydrogens is 348 g/mol. The molecule has 1 aliphatic heterocycles. The molecule has 1 aromatic heterocycles. The quantitative estimate of drug-likeness (QED) is 0.760. The van der Waals surface area contributed by atoms with E-state index in [9.17, 15) is 9.90 Å². The Balaban J connectivity index is 1.52. The SMILES string of the molecule is COC(=O)C(c1cc(N2CCC(O[C@H]3CC[C@H](O)CC3)CC2)no1)C(C)C. The van der Waals surface area contributed by atoms with Crippen LogP contribution < -0.4 is 4.90 Å². The standard InChI is InChI=1S/C20H32N2O5/c1-13(2)19(20(24)25-3)17-12-18(21-27-17)22-10-8-16(9-11-22)26-15-6-4-14(23)5-7-15/h12-16,19,23H,4-11H2,1-3H3/t14-,15-,19?. The Labute approximate surface area is 161 Å². The predicted molar refractivity (Wildman–Crippen MR) is 101 cm³/mol. The normalized spacial score (nSPS) is 25.6. The topological polar surface area (TPSA) is 85.0 Å². The van der Waals surface area contributed by atoms with Gasteiger partial charge in [0, 0.05) is 19.2 Å². The van der Waals surface area contributed by atoms with Crippen molar-refractivity contribution < 1.29 is 23.9 Å². The molecule has 0 amide bonds. The highest BCUT2D eigenvalue weighted by Gasteiger charge is 2.31. The van der Waals surface area contributed by atoms with Gasteiger partial charge in [-0.1, -0.05) is 19.0 Å². The van der Waals surface area contributed by atoms with Gasteiger partial charge in [-0.15, -0.1) is 0 Å². The van der Waals surface area contributed by atoms with E-state index >= 15 is 0 Å². The van der Waals surface area contributed by atoms with E-state index in [1.165, 1.54) is 7.11 Å². The minimum Gasteiger partial charge on any atom is -0.468 e. The lowest BCUT2D eigenvalue weighted by Crippen LogP contribution is -2.39. The lowest BCUT2D eigenvalue weighted by molar-refractivity contribution is -0.144. The Morgan fingerprint density at radius 1 is 1.19 bits per heavy atom. The summed E-state index contributed by atoms with van der Waals surface area (Å²) in [7, 11) is 1.40. The van der Waals surface area contributed by atoms with E-state index in [-0.39, 0.29) is 30.2 Å². The van der Waals surface area contributed by atoms with Crippen molar-refractivity contribution in [3.8, 4) is 0 Å². The second-order valence-corrected chi connectivity index (χ2v) is 8.09. The molecule has 2 aliphatic rings. The average Bonchev–Trinajstić information content (AvgIpc) is 3.13. The number of aromatic nitrogens is 1. The Morgan fingerprint density at radius 2 is 1.81 bits per heavy atom. The highest BCUT2D eigenvalue weighted by Crippen LogP contribution is 2.31. The van der Waals surface area contributed by atoms with Crippen LogP contribution in [-0.2, 0) is 14.3 Å². The molecule has 27 heavy (non-hydrogen) atoms. The maximum Gasteiger partial charge on any atom is 0.316 e. The number of aliphatic hydroxyl groups excluding tert-OH is 1. The van der Waals surface area contributed by atoms with Crippen molar-refractivity contribution in [3.05, 3.63) is 11.8 Å². The maximum absolute atomic E-state index is 12.0. The molecule has 152 valence electrons. The first kappa shape index (κ1) is 20.1. The fourth-order valence-electron chi connectivity index (χ4n) is 4.09. The zero-order valence-corrected chi connectivity index (χ0v) is 16.6. The van der Waals surface area contributed by atoms with Crippen molar-refractivity contribution in [2.45, 2.75) is 76.6 Å². The van der Waals surface area contributed by atoms with E-state index in [2.05, 4.69) is 10.1 Å². The number of methoxy groups -OCH3 is 1. The zero-order valence-electron chi connectivity index (χ0n) is 16.6. The van der Waals surface area contributed by atoms with Crippen LogP contribution in [0.5, 0.6) is 0 Å². The van der Waals surface area contributed by atoms with Crippen molar-refractivity contribution >= 4 is 11.8 Å². The molecule has 1 atom stereocenters. The molecule has 0 spiro atoms. The fraction of sp³-hybridized carbons (Fsp3) is 0.800. The summed E-state index contributed by atoms with van der Waals surface area (Å²) in [5, 5.41) is 13.8. The smallest absolute Gasteiger partial charge is 0.316 e. The first-order chi connectivity index (χ1) is 13.0. The van der Waals surface area contributed by atoms with Crippen LogP contribution in [0.1, 0.15) is 64.1 Å². The lowest BCUT2D eigenvalue weighted by Gasteiger charge is -2.35. The van der Waals surface area contributed by atoms with Crippen molar-refractivity contribution in [2.75, 3.05) is 25.1 Å². The number of anilines is 1. The van der Waals surface area contributed by atoms with Crippen molar-refractivity contribution in [1.82, 2.24) is 5.16 Å². The van der Waals surface area contributed by atoms with E-state index in [0.717, 1.165) is 57.4 Å². The first-order valence-electron chi connectivity index (χ1n) is 10.1. The number of hydrogen-bond donors (Lipinski definition) is 1. The molecule has 1 aliphatic carbocycles. The van der Waals surface area contributed by atoms with Gasteiger partial charge in [0.15, 0.2) is 11.6 Å². The summed E-state index contributed by atoms with van der Waals surface area (Å²) in [6.07, 6.45) is 5.92. The third kappa shape index (κ3) is 5.02. The second kappa shape index (κ2) is 9.06. The summed E-state index contributed by atoms with van der Waals surface area (Å²) in [6.45, 7) is 5.65. The van der Waals surface area contributed by atoms with Gasteiger partial charge in [0.1, 0.15) is 5.92 Å². The van der Waals surface area contributed by atoms with E-state index in [1.54, 1.807) is 0 Å². The van der Waals surface area contributed by atoms with Crippen LogP contribution in [0.2, 0.25) is 0 Å². The van der Waals surface area contributed by atoms with Crippen LogP contribution in [0.25, 0.3) is 0 Å². The summed E-state index contributed by atoms with van der Waals surface area (Å²) < 4.78 is 16.6. The van der Waals surface area contributed by atoms with Crippen LogP contribution in [-0.4, -0.2) is 54.7 Å². The Hall–Kier alpha value is -1.60. The lowest BCUT2D eigenvalue weighted by atomic mass is 9.93. The largest absolute Gasteiger partial charge is 0.468 e. The van der Waals surface area contributed by atoms with Crippen LogP contribution in [0.3, 0.4) is 0 Å². The monoisotopic (exact) mass is 380 g/mol. The molecule has 1 unspecified atom stereocenters. The molecule has 0 aromatic carbocycles. The van der Waals surface area contributed by atoms with E-state index < -0.39 is 5.92 Å². The minimum atomic E-state index is -0.432. The van der Waals surface area contributed by atoms with E-state index in [1.807, 2.05) is 19.9 Å². The number of carbonyl (C=O) groups excluding carboxylic acids is 1. The van der Waals surface area contributed by atoms with Gasteiger partial charge in [0.05, 0.1) is 25.4 Å². The Bertz CT molecular complexity index is 601.